The number of benzene rings is 2. The number of para-hydroxylation sites is 2. The molecule has 0 saturated carbocycles. The molecule has 3 aromatic rings. The maximum Gasteiger partial charge on any atom is 0.270 e. The van der Waals surface area contributed by atoms with Gasteiger partial charge in [-0.1, -0.05) is 42.0 Å². The minimum Gasteiger partial charge on any atom is -0.492 e. The molecule has 2 aliphatic rings. The summed E-state index contributed by atoms with van der Waals surface area (Å²) in [7, 11) is 0. The van der Waals surface area contributed by atoms with Crippen LogP contribution in [0, 0.1) is 20.8 Å². The Morgan fingerprint density at radius 2 is 1.55 bits per heavy atom. The van der Waals surface area contributed by atoms with Crippen LogP contribution >= 0.6 is 0 Å². The Morgan fingerprint density at radius 3 is 2.24 bits per heavy atom. The van der Waals surface area contributed by atoms with Gasteiger partial charge in [-0.3, -0.25) is 4.79 Å². The van der Waals surface area contributed by atoms with Crippen molar-refractivity contribution in [3.8, 4) is 5.75 Å². The van der Waals surface area contributed by atoms with Crippen molar-refractivity contribution in [1.29, 1.82) is 0 Å². The predicted molar refractivity (Wildman–Crippen MR) is 153 cm³/mol. The van der Waals surface area contributed by atoms with Crippen molar-refractivity contribution in [2.45, 2.75) is 34.2 Å². The number of anilines is 2. The highest BCUT2D eigenvalue weighted by molar-refractivity contribution is 5.97. The van der Waals surface area contributed by atoms with Gasteiger partial charge in [-0.2, -0.15) is 0 Å². The van der Waals surface area contributed by atoms with Crippen molar-refractivity contribution >= 4 is 17.3 Å². The summed E-state index contributed by atoms with van der Waals surface area (Å²) in [5, 5.41) is 0. The Kier molecular flexibility index (Phi) is 7.93. The van der Waals surface area contributed by atoms with Gasteiger partial charge in [0.05, 0.1) is 31.2 Å². The molecule has 5 rings (SSSR count). The number of hydrogen-bond donors (Lipinski definition) is 0. The number of piperazine rings is 1. The molecule has 7 nitrogen and oxygen atoms in total. The number of ether oxygens (including phenoxy) is 2. The number of morpholine rings is 1. The van der Waals surface area contributed by atoms with Crippen molar-refractivity contribution in [2.75, 3.05) is 68.9 Å². The molecular formula is C31H40N4O3. The van der Waals surface area contributed by atoms with E-state index in [0.29, 0.717) is 26.2 Å². The highest BCUT2D eigenvalue weighted by atomic mass is 16.5. The van der Waals surface area contributed by atoms with Crippen molar-refractivity contribution in [2.24, 2.45) is 0 Å². The summed E-state index contributed by atoms with van der Waals surface area (Å²) in [5.41, 5.74) is 7.77. The zero-order valence-corrected chi connectivity index (χ0v) is 23.2. The molecule has 3 heterocycles. The van der Waals surface area contributed by atoms with Gasteiger partial charge in [0.15, 0.2) is 0 Å². The van der Waals surface area contributed by atoms with E-state index >= 15 is 0 Å². The molecule has 0 aliphatic carbocycles. The van der Waals surface area contributed by atoms with Gasteiger partial charge in [0, 0.05) is 57.1 Å². The largest absolute Gasteiger partial charge is 0.492 e. The first-order valence-electron chi connectivity index (χ1n) is 13.8. The number of carbonyl (C=O) groups excluding carboxylic acids is 1. The minimum absolute atomic E-state index is 0.120. The van der Waals surface area contributed by atoms with E-state index in [1.807, 2.05) is 30.0 Å². The zero-order valence-electron chi connectivity index (χ0n) is 23.2. The first-order chi connectivity index (χ1) is 18.5. The Morgan fingerprint density at radius 1 is 0.868 bits per heavy atom. The number of aryl methyl sites for hydroxylation is 1. The van der Waals surface area contributed by atoms with Gasteiger partial charge in [-0.15, -0.1) is 0 Å². The second kappa shape index (κ2) is 11.5. The normalized spacial score (nSPS) is 16.2. The molecule has 2 fully saturated rings. The summed E-state index contributed by atoms with van der Waals surface area (Å²) in [6.45, 7) is 15.8. The molecule has 2 aliphatic heterocycles. The lowest BCUT2D eigenvalue weighted by Crippen LogP contribution is -2.49. The molecule has 0 unspecified atom stereocenters. The average molecular weight is 517 g/mol. The van der Waals surface area contributed by atoms with Crippen molar-refractivity contribution in [3.05, 3.63) is 76.6 Å². The number of amides is 1. The summed E-state index contributed by atoms with van der Waals surface area (Å²) < 4.78 is 13.7. The van der Waals surface area contributed by atoms with Gasteiger partial charge in [-0.25, -0.2) is 0 Å². The third-order valence-corrected chi connectivity index (χ3v) is 7.79. The van der Waals surface area contributed by atoms with E-state index in [1.54, 1.807) is 0 Å². The van der Waals surface area contributed by atoms with Crippen LogP contribution in [0.4, 0.5) is 11.4 Å². The lowest BCUT2D eigenvalue weighted by molar-refractivity contribution is 0.0735. The Labute approximate surface area is 226 Å². The van der Waals surface area contributed by atoms with Crippen LogP contribution < -0.4 is 14.5 Å². The van der Waals surface area contributed by atoms with Crippen LogP contribution in [0.3, 0.4) is 0 Å². The molecule has 2 saturated heterocycles. The fraction of sp³-hybridized carbons (Fsp3) is 0.452. The quantitative estimate of drug-likeness (QED) is 0.457. The van der Waals surface area contributed by atoms with Crippen LogP contribution in [0.25, 0.3) is 0 Å². The van der Waals surface area contributed by atoms with Gasteiger partial charge in [0.25, 0.3) is 5.91 Å². The molecule has 0 spiro atoms. The van der Waals surface area contributed by atoms with Gasteiger partial charge < -0.3 is 28.7 Å². The van der Waals surface area contributed by atoms with E-state index in [9.17, 15) is 4.79 Å². The van der Waals surface area contributed by atoms with Crippen LogP contribution in [0.15, 0.2) is 48.5 Å². The van der Waals surface area contributed by atoms with Crippen LogP contribution in [0.1, 0.15) is 39.8 Å². The number of rotatable bonds is 7. The van der Waals surface area contributed by atoms with Gasteiger partial charge >= 0.3 is 0 Å². The molecule has 202 valence electrons. The van der Waals surface area contributed by atoms with E-state index in [-0.39, 0.29) is 5.91 Å². The topological polar surface area (TPSA) is 50.2 Å². The van der Waals surface area contributed by atoms with Crippen molar-refractivity contribution in [1.82, 2.24) is 9.47 Å². The summed E-state index contributed by atoms with van der Waals surface area (Å²) in [5.74, 6) is 1.03. The first kappa shape index (κ1) is 26.2. The molecule has 0 radical (unpaired) electrons. The molecule has 0 bridgehead atoms. The van der Waals surface area contributed by atoms with Crippen molar-refractivity contribution < 1.29 is 14.3 Å². The van der Waals surface area contributed by atoms with E-state index in [0.717, 1.165) is 67.8 Å². The highest BCUT2D eigenvalue weighted by Gasteiger charge is 2.31. The minimum atomic E-state index is 0.120. The van der Waals surface area contributed by atoms with Gasteiger partial charge in [0.1, 0.15) is 11.4 Å². The standard InChI is InChI=1S/C31H40N4O3/c1-5-38-28-9-7-6-8-27(28)32-14-16-34(17-15-32)31(36)30-24(3)29(33-18-20-37-21-19-33)25(4)35(30)22-26-12-10-23(2)11-13-26/h6-13H,5,14-22H2,1-4H3. The Bertz CT molecular complexity index is 1250. The lowest BCUT2D eigenvalue weighted by atomic mass is 10.1. The van der Waals surface area contributed by atoms with E-state index in [2.05, 4.69) is 65.5 Å². The fourth-order valence-electron chi connectivity index (χ4n) is 5.78. The number of aromatic nitrogens is 1. The molecule has 0 N–H and O–H groups in total. The zero-order chi connectivity index (χ0) is 26.6. The maximum absolute atomic E-state index is 14.2. The fourth-order valence-corrected chi connectivity index (χ4v) is 5.78. The monoisotopic (exact) mass is 516 g/mol. The summed E-state index contributed by atoms with van der Waals surface area (Å²) in [4.78, 5) is 20.9. The second-order valence-corrected chi connectivity index (χ2v) is 10.3. The van der Waals surface area contributed by atoms with E-state index in [1.165, 1.54) is 16.8 Å². The molecule has 1 aromatic heterocycles. The third-order valence-electron chi connectivity index (χ3n) is 7.79. The van der Waals surface area contributed by atoms with Gasteiger partial charge in [0.2, 0.25) is 0 Å². The second-order valence-electron chi connectivity index (χ2n) is 10.3. The smallest absolute Gasteiger partial charge is 0.270 e. The van der Waals surface area contributed by atoms with Crippen LogP contribution in [-0.2, 0) is 11.3 Å². The molecular weight excluding hydrogens is 476 g/mol. The average Bonchev–Trinajstić information content (AvgIpc) is 3.19. The molecule has 1 amide bonds. The predicted octanol–water partition coefficient (Wildman–Crippen LogP) is 4.66. The van der Waals surface area contributed by atoms with Crippen molar-refractivity contribution in [3.63, 3.8) is 0 Å². The first-order valence-corrected chi connectivity index (χ1v) is 13.8. The highest BCUT2D eigenvalue weighted by Crippen LogP contribution is 2.34. The molecule has 2 aromatic carbocycles. The Balaban J connectivity index is 1.42. The SMILES string of the molecule is CCOc1ccccc1N1CCN(C(=O)c2c(C)c(N3CCOCC3)c(C)n2Cc2ccc(C)cc2)CC1. The maximum atomic E-state index is 14.2. The summed E-state index contributed by atoms with van der Waals surface area (Å²) in [6.07, 6.45) is 0. The van der Waals surface area contributed by atoms with E-state index < -0.39 is 0 Å². The number of nitrogens with zero attached hydrogens (tertiary/aromatic N) is 4. The number of hydrogen-bond acceptors (Lipinski definition) is 5. The lowest BCUT2D eigenvalue weighted by Gasteiger charge is -2.37. The van der Waals surface area contributed by atoms with Crippen LogP contribution in [-0.4, -0.2) is 74.5 Å². The van der Waals surface area contributed by atoms with Gasteiger partial charge in [-0.05, 0) is 45.4 Å². The molecule has 0 atom stereocenters. The molecule has 38 heavy (non-hydrogen) atoms. The van der Waals surface area contributed by atoms with E-state index in [4.69, 9.17) is 9.47 Å². The van der Waals surface area contributed by atoms with Crippen LogP contribution in [0.2, 0.25) is 0 Å². The number of carbonyl (C=O) groups is 1. The summed E-state index contributed by atoms with van der Waals surface area (Å²) in [6, 6.07) is 16.8. The molecule has 7 heteroatoms. The summed E-state index contributed by atoms with van der Waals surface area (Å²) >= 11 is 0. The third kappa shape index (κ3) is 5.25. The Hall–Kier alpha value is -3.45. The van der Waals surface area contributed by atoms with Crippen LogP contribution in [0.5, 0.6) is 5.75 Å².